The molecule has 1 aromatic heterocycles. The van der Waals surface area contributed by atoms with Crippen LogP contribution in [0.25, 0.3) is 0 Å². The van der Waals surface area contributed by atoms with Gasteiger partial charge in [0, 0.05) is 12.7 Å². The minimum atomic E-state index is -0.698. The van der Waals surface area contributed by atoms with Crippen molar-refractivity contribution < 1.29 is 4.74 Å². The lowest BCUT2D eigenvalue weighted by Crippen LogP contribution is -2.42. The maximum absolute atomic E-state index is 13.0. The molecular formula is C22H19N5O3. The van der Waals surface area contributed by atoms with Crippen molar-refractivity contribution in [2.45, 2.75) is 5.92 Å². The number of nitrogens with two attached hydrogens (primary N) is 1. The van der Waals surface area contributed by atoms with E-state index in [0.717, 1.165) is 5.56 Å². The van der Waals surface area contributed by atoms with Crippen molar-refractivity contribution in [3.05, 3.63) is 98.0 Å². The zero-order valence-corrected chi connectivity index (χ0v) is 16.4. The summed E-state index contributed by atoms with van der Waals surface area (Å²) in [5.74, 6) is 0.418. The maximum atomic E-state index is 13.0. The second-order valence-electron chi connectivity index (χ2n) is 6.84. The fourth-order valence-electron chi connectivity index (χ4n) is 3.78. The molecule has 0 radical (unpaired) electrons. The van der Waals surface area contributed by atoms with Gasteiger partial charge in [-0.1, -0.05) is 30.3 Å². The molecule has 8 heteroatoms. The molecule has 2 heterocycles. The van der Waals surface area contributed by atoms with Crippen molar-refractivity contribution >= 4 is 11.5 Å². The summed E-state index contributed by atoms with van der Waals surface area (Å²) in [6, 6.07) is 18.3. The summed E-state index contributed by atoms with van der Waals surface area (Å²) in [4.78, 5) is 29.3. The first-order valence-electron chi connectivity index (χ1n) is 9.20. The van der Waals surface area contributed by atoms with Crippen LogP contribution in [0.3, 0.4) is 0 Å². The molecular weight excluding hydrogens is 382 g/mol. The van der Waals surface area contributed by atoms with Gasteiger partial charge in [-0.3, -0.25) is 19.2 Å². The number of ether oxygens (including phenoxy) is 1. The van der Waals surface area contributed by atoms with Gasteiger partial charge in [-0.2, -0.15) is 5.26 Å². The molecule has 1 aliphatic heterocycles. The molecule has 0 bridgehead atoms. The summed E-state index contributed by atoms with van der Waals surface area (Å²) in [5.41, 5.74) is 7.18. The third kappa shape index (κ3) is 2.84. The normalized spacial score (nSPS) is 15.5. The van der Waals surface area contributed by atoms with Gasteiger partial charge in [0.25, 0.3) is 5.56 Å². The smallest absolute Gasteiger partial charge is 0.329 e. The van der Waals surface area contributed by atoms with Crippen LogP contribution in [0.15, 0.2) is 75.6 Å². The molecule has 1 aliphatic rings. The molecule has 8 nitrogen and oxygen atoms in total. The van der Waals surface area contributed by atoms with Crippen LogP contribution in [0.5, 0.6) is 5.75 Å². The van der Waals surface area contributed by atoms with Gasteiger partial charge in [0.1, 0.15) is 17.4 Å². The highest BCUT2D eigenvalue weighted by Crippen LogP contribution is 2.44. The number of rotatable bonds is 3. The Kier molecular flexibility index (Phi) is 4.64. The zero-order valence-electron chi connectivity index (χ0n) is 16.4. The van der Waals surface area contributed by atoms with E-state index in [0.29, 0.717) is 17.3 Å². The van der Waals surface area contributed by atoms with E-state index < -0.39 is 17.2 Å². The van der Waals surface area contributed by atoms with Gasteiger partial charge >= 0.3 is 5.69 Å². The van der Waals surface area contributed by atoms with Gasteiger partial charge in [-0.15, -0.1) is 0 Å². The highest BCUT2D eigenvalue weighted by molar-refractivity contribution is 5.75. The standard InChI is InChI=1S/C22H19N5O3/c1-26-21-18(20(28)25-22(26)29)17(13-6-4-3-5-7-13)16(12-23)19(24)27(21)14-8-10-15(30-2)11-9-14/h3-11,17H,24H2,1-2H3,(H,25,28,29). The fraction of sp³-hybridized carbons (Fsp3) is 0.136. The number of aromatic nitrogens is 2. The fourth-order valence-corrected chi connectivity index (χ4v) is 3.78. The number of hydrogen-bond acceptors (Lipinski definition) is 6. The predicted octanol–water partition coefficient (Wildman–Crippen LogP) is 2.06. The Labute approximate surface area is 172 Å². The number of allylic oxidation sites excluding steroid dienone is 1. The van der Waals surface area contributed by atoms with Crippen LogP contribution in [-0.4, -0.2) is 16.7 Å². The van der Waals surface area contributed by atoms with Gasteiger partial charge in [-0.25, -0.2) is 4.79 Å². The predicted molar refractivity (Wildman–Crippen MR) is 113 cm³/mol. The van der Waals surface area contributed by atoms with E-state index in [1.54, 1.807) is 43.3 Å². The second-order valence-corrected chi connectivity index (χ2v) is 6.84. The summed E-state index contributed by atoms with van der Waals surface area (Å²) in [6.45, 7) is 0. The first kappa shape index (κ1) is 19.1. The summed E-state index contributed by atoms with van der Waals surface area (Å²) in [7, 11) is 3.11. The Balaban J connectivity index is 2.09. The topological polar surface area (TPSA) is 117 Å². The van der Waals surface area contributed by atoms with E-state index in [9.17, 15) is 14.9 Å². The van der Waals surface area contributed by atoms with Crippen molar-refractivity contribution in [3.8, 4) is 11.8 Å². The number of benzene rings is 2. The van der Waals surface area contributed by atoms with Crippen molar-refractivity contribution in [2.75, 3.05) is 12.0 Å². The zero-order chi connectivity index (χ0) is 21.4. The Hall–Kier alpha value is -4.25. The number of methoxy groups -OCH3 is 1. The van der Waals surface area contributed by atoms with Crippen molar-refractivity contribution in [1.82, 2.24) is 9.55 Å². The summed E-state index contributed by atoms with van der Waals surface area (Å²) < 4.78 is 6.54. The van der Waals surface area contributed by atoms with Crippen LogP contribution >= 0.6 is 0 Å². The molecule has 0 saturated carbocycles. The van der Waals surface area contributed by atoms with Crippen molar-refractivity contribution in [1.29, 1.82) is 5.26 Å². The maximum Gasteiger partial charge on any atom is 0.329 e. The van der Waals surface area contributed by atoms with Gasteiger partial charge in [0.05, 0.1) is 30.2 Å². The van der Waals surface area contributed by atoms with Crippen LogP contribution in [-0.2, 0) is 7.05 Å². The average Bonchev–Trinajstić information content (AvgIpc) is 2.77. The SMILES string of the molecule is COc1ccc(N2C(N)=C(C#N)C(c3ccccc3)c3c2n(C)c(=O)[nH]c3=O)cc1. The number of H-pyrrole nitrogens is 1. The van der Waals surface area contributed by atoms with E-state index >= 15 is 0 Å². The van der Waals surface area contributed by atoms with E-state index in [-0.39, 0.29) is 17.0 Å². The van der Waals surface area contributed by atoms with E-state index in [4.69, 9.17) is 10.5 Å². The minimum Gasteiger partial charge on any atom is -0.497 e. The molecule has 2 aromatic carbocycles. The number of anilines is 2. The van der Waals surface area contributed by atoms with E-state index in [2.05, 4.69) is 11.1 Å². The number of aromatic amines is 1. The number of nitrogens with one attached hydrogen (secondary N) is 1. The Bertz CT molecular complexity index is 1300. The highest BCUT2D eigenvalue weighted by atomic mass is 16.5. The molecule has 3 aromatic rings. The van der Waals surface area contributed by atoms with Crippen LogP contribution < -0.4 is 26.6 Å². The average molecular weight is 401 g/mol. The van der Waals surface area contributed by atoms with Gasteiger partial charge < -0.3 is 10.5 Å². The van der Waals surface area contributed by atoms with Crippen LogP contribution in [0.1, 0.15) is 17.0 Å². The monoisotopic (exact) mass is 401 g/mol. The molecule has 0 aliphatic carbocycles. The molecule has 1 atom stereocenters. The number of hydrogen-bond donors (Lipinski definition) is 2. The Morgan fingerprint density at radius 1 is 1.10 bits per heavy atom. The van der Waals surface area contributed by atoms with Crippen molar-refractivity contribution in [2.24, 2.45) is 12.8 Å². The molecule has 0 spiro atoms. The molecule has 4 rings (SSSR count). The molecule has 150 valence electrons. The Morgan fingerprint density at radius 2 is 1.77 bits per heavy atom. The Morgan fingerprint density at radius 3 is 2.37 bits per heavy atom. The molecule has 0 saturated heterocycles. The highest BCUT2D eigenvalue weighted by Gasteiger charge is 2.38. The third-order valence-electron chi connectivity index (χ3n) is 5.22. The first-order valence-corrected chi connectivity index (χ1v) is 9.20. The summed E-state index contributed by atoms with van der Waals surface area (Å²) >= 11 is 0. The van der Waals surface area contributed by atoms with E-state index in [1.807, 2.05) is 30.3 Å². The molecule has 1 unspecified atom stereocenters. The van der Waals surface area contributed by atoms with Gasteiger partial charge in [0.2, 0.25) is 0 Å². The van der Waals surface area contributed by atoms with E-state index in [1.165, 1.54) is 4.57 Å². The second kappa shape index (κ2) is 7.29. The quantitative estimate of drug-likeness (QED) is 0.694. The third-order valence-corrected chi connectivity index (χ3v) is 5.22. The molecule has 0 fully saturated rings. The lowest BCUT2D eigenvalue weighted by atomic mass is 9.83. The van der Waals surface area contributed by atoms with Crippen LogP contribution in [0.2, 0.25) is 0 Å². The minimum absolute atomic E-state index is 0.157. The van der Waals surface area contributed by atoms with Crippen molar-refractivity contribution in [3.63, 3.8) is 0 Å². The lowest BCUT2D eigenvalue weighted by Gasteiger charge is -2.36. The van der Waals surface area contributed by atoms with Crippen LogP contribution in [0.4, 0.5) is 11.5 Å². The number of fused-ring (bicyclic) bond motifs is 1. The molecule has 0 amide bonds. The summed E-state index contributed by atoms with van der Waals surface area (Å²) in [6.07, 6.45) is 0. The number of nitriles is 1. The van der Waals surface area contributed by atoms with Gasteiger partial charge in [-0.05, 0) is 29.8 Å². The first-order chi connectivity index (χ1) is 14.5. The summed E-state index contributed by atoms with van der Waals surface area (Å²) in [5, 5.41) is 9.97. The van der Waals surface area contributed by atoms with Gasteiger partial charge in [0.15, 0.2) is 0 Å². The molecule has 3 N–H and O–H groups in total. The lowest BCUT2D eigenvalue weighted by molar-refractivity contribution is 0.415. The van der Waals surface area contributed by atoms with Crippen LogP contribution in [0, 0.1) is 11.3 Å². The molecule has 30 heavy (non-hydrogen) atoms. The largest absolute Gasteiger partial charge is 0.497 e. The number of nitrogens with zero attached hydrogens (tertiary/aromatic N) is 3.